The molecule has 2 nitrogen and oxygen atoms in total. The molecule has 0 aliphatic heterocycles. The van der Waals surface area contributed by atoms with Crippen LogP contribution in [-0.2, 0) is 0 Å². The van der Waals surface area contributed by atoms with Crippen LogP contribution in [0.5, 0.6) is 0 Å². The van der Waals surface area contributed by atoms with Gasteiger partial charge in [0.2, 0.25) is 0 Å². The van der Waals surface area contributed by atoms with Gasteiger partial charge in [0.1, 0.15) is 0 Å². The van der Waals surface area contributed by atoms with E-state index in [2.05, 4.69) is 55.0 Å². The lowest BCUT2D eigenvalue weighted by Gasteiger charge is -2.74. The predicted molar refractivity (Wildman–Crippen MR) is 132 cm³/mol. The third kappa shape index (κ3) is 2.61. The van der Waals surface area contributed by atoms with Gasteiger partial charge < -0.3 is 10.2 Å². The van der Waals surface area contributed by atoms with Gasteiger partial charge in [-0.15, -0.1) is 0 Å². The molecule has 0 bridgehead atoms. The van der Waals surface area contributed by atoms with E-state index in [1.165, 1.54) is 37.7 Å². The lowest BCUT2D eigenvalue weighted by Crippen LogP contribution is -2.69. The van der Waals surface area contributed by atoms with Crippen LogP contribution in [0.3, 0.4) is 0 Å². The Morgan fingerprint density at radius 1 is 0.750 bits per heavy atom. The Hall–Kier alpha value is -0.340. The second-order valence-corrected chi connectivity index (χ2v) is 14.7. The Balaban J connectivity index is 1.57. The van der Waals surface area contributed by atoms with Crippen molar-refractivity contribution in [1.82, 2.24) is 0 Å². The largest absolute Gasteiger partial charge is 0.393 e. The standard InChI is InChI=1S/C30H50O2/c1-18-11-14-28(6)24(32)17-30(8)20(25(28)19(18)2)9-10-22-27(5)15-13-23(31)26(3,4)21(27)12-16-29(22,30)7/h19-25,31-32H,1,9-17H2,2-8H3/t19-,20-,21+,22?,23+,24+,25+,27+,28-,29-,30-/m1/s1. The van der Waals surface area contributed by atoms with Crippen molar-refractivity contribution in [2.75, 3.05) is 0 Å². The molecule has 0 heterocycles. The topological polar surface area (TPSA) is 40.5 Å². The summed E-state index contributed by atoms with van der Waals surface area (Å²) in [7, 11) is 0. The molecule has 2 N–H and O–H groups in total. The third-order valence-electron chi connectivity index (χ3n) is 13.7. The molecule has 5 fully saturated rings. The molecule has 0 spiro atoms. The molecular weight excluding hydrogens is 392 g/mol. The second-order valence-electron chi connectivity index (χ2n) is 14.7. The van der Waals surface area contributed by atoms with Crippen LogP contribution in [0.4, 0.5) is 0 Å². The molecule has 0 aromatic rings. The number of fused-ring (bicyclic) bond motifs is 7. The minimum Gasteiger partial charge on any atom is -0.393 e. The lowest BCUT2D eigenvalue weighted by atomic mass is 9.31. The van der Waals surface area contributed by atoms with Crippen LogP contribution in [-0.4, -0.2) is 22.4 Å². The van der Waals surface area contributed by atoms with E-state index in [0.717, 1.165) is 25.7 Å². The first kappa shape index (κ1) is 23.4. The number of hydrogen-bond acceptors (Lipinski definition) is 2. The summed E-state index contributed by atoms with van der Waals surface area (Å²) in [5.74, 6) is 3.06. The molecule has 5 aliphatic carbocycles. The number of hydrogen-bond donors (Lipinski definition) is 2. The van der Waals surface area contributed by atoms with Crippen LogP contribution < -0.4 is 0 Å². The highest BCUT2D eigenvalue weighted by Crippen LogP contribution is 2.76. The van der Waals surface area contributed by atoms with Crippen molar-refractivity contribution in [2.24, 2.45) is 56.7 Å². The van der Waals surface area contributed by atoms with Crippen molar-refractivity contribution < 1.29 is 10.2 Å². The zero-order valence-electron chi connectivity index (χ0n) is 22.0. The average molecular weight is 443 g/mol. The molecule has 5 saturated carbocycles. The first-order valence-corrected chi connectivity index (χ1v) is 13.8. The van der Waals surface area contributed by atoms with Gasteiger partial charge in [-0.1, -0.05) is 60.6 Å². The fourth-order valence-electron chi connectivity index (χ4n) is 11.4. The van der Waals surface area contributed by atoms with Gasteiger partial charge in [-0.2, -0.15) is 0 Å². The van der Waals surface area contributed by atoms with E-state index < -0.39 is 0 Å². The highest BCUT2D eigenvalue weighted by molar-refractivity contribution is 5.22. The van der Waals surface area contributed by atoms with Crippen molar-refractivity contribution in [1.29, 1.82) is 0 Å². The smallest absolute Gasteiger partial charge is 0.0602 e. The van der Waals surface area contributed by atoms with Gasteiger partial charge >= 0.3 is 0 Å². The number of rotatable bonds is 0. The Morgan fingerprint density at radius 2 is 1.44 bits per heavy atom. The van der Waals surface area contributed by atoms with Crippen LogP contribution >= 0.6 is 0 Å². The van der Waals surface area contributed by atoms with Gasteiger partial charge in [-0.3, -0.25) is 0 Å². The van der Waals surface area contributed by atoms with Gasteiger partial charge in [0.15, 0.2) is 0 Å². The summed E-state index contributed by atoms with van der Waals surface area (Å²) in [5.41, 5.74) is 2.23. The SMILES string of the molecule is C=C1CC[C@@]2(C)[C@@H]([C@@H]1C)[C@H]1CCC3[C@@]4(C)CC[C@H](O)C(C)(C)[C@@H]4CC[C@@]3(C)[C@]1(C)C[C@@H]2O. The molecule has 0 aromatic heterocycles. The highest BCUT2D eigenvalue weighted by Gasteiger charge is 2.71. The molecule has 32 heavy (non-hydrogen) atoms. The minimum atomic E-state index is -0.199. The molecule has 0 saturated heterocycles. The number of allylic oxidation sites excluding steroid dienone is 1. The van der Waals surface area contributed by atoms with Crippen LogP contribution in [0.15, 0.2) is 12.2 Å². The summed E-state index contributed by atoms with van der Waals surface area (Å²) in [5, 5.41) is 22.6. The maximum Gasteiger partial charge on any atom is 0.0602 e. The van der Waals surface area contributed by atoms with Crippen LogP contribution in [0.25, 0.3) is 0 Å². The summed E-state index contributed by atoms with van der Waals surface area (Å²) in [4.78, 5) is 0. The average Bonchev–Trinajstić information content (AvgIpc) is 2.70. The van der Waals surface area contributed by atoms with Crippen molar-refractivity contribution >= 4 is 0 Å². The number of aliphatic hydroxyl groups is 2. The van der Waals surface area contributed by atoms with Gasteiger partial charge in [0, 0.05) is 0 Å². The second kappa shape index (κ2) is 6.87. The van der Waals surface area contributed by atoms with E-state index in [4.69, 9.17) is 0 Å². The van der Waals surface area contributed by atoms with Crippen molar-refractivity contribution in [3.63, 3.8) is 0 Å². The van der Waals surface area contributed by atoms with Crippen molar-refractivity contribution in [3.05, 3.63) is 12.2 Å². The van der Waals surface area contributed by atoms with Gasteiger partial charge in [0.05, 0.1) is 12.2 Å². The van der Waals surface area contributed by atoms with Crippen LogP contribution in [0.1, 0.15) is 106 Å². The molecule has 11 atom stereocenters. The fraction of sp³-hybridized carbons (Fsp3) is 0.933. The summed E-state index contributed by atoms with van der Waals surface area (Å²) in [6.07, 6.45) is 10.1. The predicted octanol–water partition coefficient (Wildman–Crippen LogP) is 7.00. The Labute approximate surface area is 197 Å². The molecular formula is C30H50O2. The summed E-state index contributed by atoms with van der Waals surface area (Å²) < 4.78 is 0. The molecule has 0 aromatic carbocycles. The zero-order valence-corrected chi connectivity index (χ0v) is 22.0. The number of aliphatic hydroxyl groups excluding tert-OH is 2. The third-order valence-corrected chi connectivity index (χ3v) is 13.7. The van der Waals surface area contributed by atoms with Gasteiger partial charge in [0.25, 0.3) is 0 Å². The molecule has 5 rings (SSSR count). The van der Waals surface area contributed by atoms with Gasteiger partial charge in [-0.05, 0) is 114 Å². The van der Waals surface area contributed by atoms with Crippen molar-refractivity contribution in [2.45, 2.75) is 118 Å². The Kier molecular flexibility index (Phi) is 5.02. The summed E-state index contributed by atoms with van der Waals surface area (Å²) >= 11 is 0. The van der Waals surface area contributed by atoms with Crippen LogP contribution in [0, 0.1) is 56.7 Å². The van der Waals surface area contributed by atoms with Crippen LogP contribution in [0.2, 0.25) is 0 Å². The normalized spacial score (nSPS) is 59.4. The maximum absolute atomic E-state index is 11.7. The highest BCUT2D eigenvalue weighted by atomic mass is 16.3. The van der Waals surface area contributed by atoms with E-state index in [0.29, 0.717) is 35.0 Å². The first-order valence-electron chi connectivity index (χ1n) is 13.8. The van der Waals surface area contributed by atoms with E-state index >= 15 is 0 Å². The molecule has 0 radical (unpaired) electrons. The van der Waals surface area contributed by atoms with E-state index in [1.54, 1.807) is 0 Å². The Bertz CT molecular complexity index is 801. The summed E-state index contributed by atoms with van der Waals surface area (Å²) in [6.45, 7) is 21.8. The maximum atomic E-state index is 11.7. The molecule has 1 unspecified atom stereocenters. The quantitative estimate of drug-likeness (QED) is 0.397. The van der Waals surface area contributed by atoms with E-state index in [1.807, 2.05) is 0 Å². The van der Waals surface area contributed by atoms with Gasteiger partial charge in [-0.25, -0.2) is 0 Å². The fourth-order valence-corrected chi connectivity index (χ4v) is 11.4. The van der Waals surface area contributed by atoms with E-state index in [9.17, 15) is 10.2 Å². The molecule has 182 valence electrons. The zero-order chi connectivity index (χ0) is 23.5. The summed E-state index contributed by atoms with van der Waals surface area (Å²) in [6, 6.07) is 0. The molecule has 5 aliphatic rings. The first-order chi connectivity index (χ1) is 14.7. The molecule has 2 heteroatoms. The monoisotopic (exact) mass is 442 g/mol. The minimum absolute atomic E-state index is 0.00631. The Morgan fingerprint density at radius 3 is 2.12 bits per heavy atom. The van der Waals surface area contributed by atoms with Crippen molar-refractivity contribution in [3.8, 4) is 0 Å². The molecule has 0 amide bonds. The van der Waals surface area contributed by atoms with E-state index in [-0.39, 0.29) is 33.9 Å². The lowest BCUT2D eigenvalue weighted by molar-refractivity contribution is -0.269.